The third kappa shape index (κ3) is 4.14. The second kappa shape index (κ2) is 7.34. The zero-order valence-electron chi connectivity index (χ0n) is 13.5. The van der Waals surface area contributed by atoms with Crippen LogP contribution in [0.5, 0.6) is 0 Å². The molecule has 2 aromatic carbocycles. The van der Waals surface area contributed by atoms with Crippen LogP contribution in [0.25, 0.3) is 0 Å². The molecule has 3 rings (SSSR count). The summed E-state index contributed by atoms with van der Waals surface area (Å²) in [6, 6.07) is 15.8. The molecule has 1 aliphatic heterocycles. The Balaban J connectivity index is 1.61. The van der Waals surface area contributed by atoms with Gasteiger partial charge in [-0.2, -0.15) is 0 Å². The SMILES string of the molecule is Cc1ccc(CN2C[C@H](C(=O)Nc3cccc(I)c3)CC2=O)cc1. The molecule has 1 saturated heterocycles. The molecule has 1 atom stereocenters. The number of anilines is 1. The van der Waals surface area contributed by atoms with Crippen molar-refractivity contribution in [3.8, 4) is 0 Å². The molecule has 124 valence electrons. The van der Waals surface area contributed by atoms with Crippen LogP contribution in [0.15, 0.2) is 48.5 Å². The Morgan fingerprint density at radius 2 is 2.00 bits per heavy atom. The summed E-state index contributed by atoms with van der Waals surface area (Å²) in [5, 5.41) is 2.91. The molecule has 4 nitrogen and oxygen atoms in total. The summed E-state index contributed by atoms with van der Waals surface area (Å²) in [5.74, 6) is -0.337. The van der Waals surface area contributed by atoms with Gasteiger partial charge in [0.2, 0.25) is 11.8 Å². The molecule has 0 unspecified atom stereocenters. The number of carbonyl (C=O) groups is 2. The summed E-state index contributed by atoms with van der Waals surface area (Å²) >= 11 is 2.21. The van der Waals surface area contributed by atoms with Crippen LogP contribution in [0.4, 0.5) is 5.69 Å². The van der Waals surface area contributed by atoms with E-state index < -0.39 is 0 Å². The number of hydrogen-bond donors (Lipinski definition) is 1. The predicted octanol–water partition coefficient (Wildman–Crippen LogP) is 3.59. The lowest BCUT2D eigenvalue weighted by molar-refractivity contribution is -0.128. The van der Waals surface area contributed by atoms with Crippen molar-refractivity contribution in [2.45, 2.75) is 19.9 Å². The minimum atomic E-state index is -0.291. The van der Waals surface area contributed by atoms with Gasteiger partial charge in [-0.25, -0.2) is 0 Å². The Morgan fingerprint density at radius 3 is 2.71 bits per heavy atom. The molecule has 5 heteroatoms. The first kappa shape index (κ1) is 17.0. The van der Waals surface area contributed by atoms with Crippen LogP contribution in [0.3, 0.4) is 0 Å². The first-order chi connectivity index (χ1) is 11.5. The first-order valence-electron chi connectivity index (χ1n) is 7.91. The van der Waals surface area contributed by atoms with E-state index in [1.54, 1.807) is 4.90 Å². The van der Waals surface area contributed by atoms with Gasteiger partial charge in [-0.15, -0.1) is 0 Å². The molecular weight excluding hydrogens is 415 g/mol. The highest BCUT2D eigenvalue weighted by atomic mass is 127. The summed E-state index contributed by atoms with van der Waals surface area (Å²) < 4.78 is 1.06. The smallest absolute Gasteiger partial charge is 0.229 e. The number of amides is 2. The molecule has 0 aliphatic carbocycles. The van der Waals surface area contributed by atoms with E-state index >= 15 is 0 Å². The fourth-order valence-corrected chi connectivity index (χ4v) is 3.37. The molecule has 2 amide bonds. The number of hydrogen-bond acceptors (Lipinski definition) is 2. The quantitative estimate of drug-likeness (QED) is 0.748. The maximum atomic E-state index is 12.4. The Kier molecular flexibility index (Phi) is 5.18. The minimum absolute atomic E-state index is 0.0402. The molecule has 0 aromatic heterocycles. The van der Waals surface area contributed by atoms with Crippen LogP contribution < -0.4 is 5.32 Å². The molecule has 1 N–H and O–H groups in total. The third-order valence-electron chi connectivity index (χ3n) is 4.17. The Bertz CT molecular complexity index is 758. The van der Waals surface area contributed by atoms with Gasteiger partial charge in [0, 0.05) is 28.8 Å². The lowest BCUT2D eigenvalue weighted by Crippen LogP contribution is -2.28. The van der Waals surface area contributed by atoms with Gasteiger partial charge in [-0.3, -0.25) is 9.59 Å². The van der Waals surface area contributed by atoms with Gasteiger partial charge in [-0.1, -0.05) is 35.9 Å². The number of carbonyl (C=O) groups excluding carboxylic acids is 2. The normalized spacial score (nSPS) is 17.2. The molecule has 1 aliphatic rings. The molecular formula is C19H19IN2O2. The molecule has 0 spiro atoms. The lowest BCUT2D eigenvalue weighted by atomic mass is 10.1. The van der Waals surface area contributed by atoms with Crippen molar-refractivity contribution in [1.82, 2.24) is 4.90 Å². The highest BCUT2D eigenvalue weighted by Crippen LogP contribution is 2.22. The van der Waals surface area contributed by atoms with Gasteiger partial charge >= 0.3 is 0 Å². The number of nitrogens with zero attached hydrogens (tertiary/aromatic N) is 1. The highest BCUT2D eigenvalue weighted by molar-refractivity contribution is 14.1. The molecule has 0 saturated carbocycles. The second-order valence-electron chi connectivity index (χ2n) is 6.16. The number of rotatable bonds is 4. The van der Waals surface area contributed by atoms with Crippen molar-refractivity contribution >= 4 is 40.1 Å². The van der Waals surface area contributed by atoms with Crippen LogP contribution in [-0.2, 0) is 16.1 Å². The van der Waals surface area contributed by atoms with Crippen molar-refractivity contribution in [2.75, 3.05) is 11.9 Å². The van der Waals surface area contributed by atoms with Crippen LogP contribution in [0, 0.1) is 16.4 Å². The van der Waals surface area contributed by atoms with Crippen LogP contribution >= 0.6 is 22.6 Å². The fraction of sp³-hybridized carbons (Fsp3) is 0.263. The molecule has 0 radical (unpaired) electrons. The summed E-state index contributed by atoms with van der Waals surface area (Å²) in [6.45, 7) is 3.07. The number of aryl methyl sites for hydroxylation is 1. The Hall–Kier alpha value is -1.89. The van der Waals surface area contributed by atoms with Crippen molar-refractivity contribution in [3.05, 3.63) is 63.2 Å². The number of likely N-dealkylation sites (tertiary alicyclic amines) is 1. The number of halogens is 1. The zero-order valence-corrected chi connectivity index (χ0v) is 15.6. The van der Waals surface area contributed by atoms with Gasteiger partial charge in [0.1, 0.15) is 0 Å². The molecule has 1 heterocycles. The summed E-state index contributed by atoms with van der Waals surface area (Å²) in [7, 11) is 0. The molecule has 24 heavy (non-hydrogen) atoms. The maximum absolute atomic E-state index is 12.4. The minimum Gasteiger partial charge on any atom is -0.338 e. The number of benzene rings is 2. The van der Waals surface area contributed by atoms with E-state index in [9.17, 15) is 9.59 Å². The van der Waals surface area contributed by atoms with Crippen molar-refractivity contribution in [2.24, 2.45) is 5.92 Å². The van der Waals surface area contributed by atoms with E-state index in [0.717, 1.165) is 14.8 Å². The summed E-state index contributed by atoms with van der Waals surface area (Å²) in [6.07, 6.45) is 0.279. The monoisotopic (exact) mass is 434 g/mol. The summed E-state index contributed by atoms with van der Waals surface area (Å²) in [4.78, 5) is 26.4. The second-order valence-corrected chi connectivity index (χ2v) is 7.41. The van der Waals surface area contributed by atoms with E-state index in [1.165, 1.54) is 5.56 Å². The van der Waals surface area contributed by atoms with Crippen molar-refractivity contribution in [3.63, 3.8) is 0 Å². The van der Waals surface area contributed by atoms with Crippen LogP contribution in [-0.4, -0.2) is 23.3 Å². The van der Waals surface area contributed by atoms with Crippen molar-refractivity contribution < 1.29 is 9.59 Å². The highest BCUT2D eigenvalue weighted by Gasteiger charge is 2.34. The Morgan fingerprint density at radius 1 is 1.25 bits per heavy atom. The standard InChI is InChI=1S/C19H19IN2O2/c1-13-5-7-14(8-6-13)11-22-12-15(9-18(22)23)19(24)21-17-4-2-3-16(20)10-17/h2-8,10,15H,9,11-12H2,1H3,(H,21,24)/t15-/m1/s1. The van der Waals surface area contributed by atoms with Gasteiger partial charge in [0.15, 0.2) is 0 Å². The average Bonchev–Trinajstić information content (AvgIpc) is 2.91. The topological polar surface area (TPSA) is 49.4 Å². The predicted molar refractivity (Wildman–Crippen MR) is 102 cm³/mol. The van der Waals surface area contributed by atoms with Crippen LogP contribution in [0.2, 0.25) is 0 Å². The molecule has 1 fully saturated rings. The average molecular weight is 434 g/mol. The third-order valence-corrected chi connectivity index (χ3v) is 4.84. The number of nitrogens with one attached hydrogen (secondary N) is 1. The van der Waals surface area contributed by atoms with E-state index in [4.69, 9.17) is 0 Å². The zero-order chi connectivity index (χ0) is 17.1. The van der Waals surface area contributed by atoms with Gasteiger partial charge in [0.05, 0.1) is 5.92 Å². The Labute approximate surface area is 155 Å². The van der Waals surface area contributed by atoms with Crippen molar-refractivity contribution in [1.29, 1.82) is 0 Å². The van der Waals surface area contributed by atoms with Gasteiger partial charge in [-0.05, 0) is 53.3 Å². The van der Waals surface area contributed by atoms with Crippen LogP contribution in [0.1, 0.15) is 17.5 Å². The maximum Gasteiger partial charge on any atom is 0.229 e. The van der Waals surface area contributed by atoms with Gasteiger partial charge < -0.3 is 10.2 Å². The fourth-order valence-electron chi connectivity index (χ4n) is 2.83. The van der Waals surface area contributed by atoms with Gasteiger partial charge in [0.25, 0.3) is 0 Å². The first-order valence-corrected chi connectivity index (χ1v) is 8.99. The summed E-state index contributed by atoms with van der Waals surface area (Å²) in [5.41, 5.74) is 3.06. The lowest BCUT2D eigenvalue weighted by Gasteiger charge is -2.17. The van der Waals surface area contributed by atoms with E-state index in [2.05, 4.69) is 27.9 Å². The van der Waals surface area contributed by atoms with E-state index in [-0.39, 0.29) is 24.2 Å². The van der Waals surface area contributed by atoms with E-state index in [1.807, 2.05) is 55.5 Å². The van der Waals surface area contributed by atoms with E-state index in [0.29, 0.717) is 13.1 Å². The molecule has 0 bridgehead atoms. The molecule has 2 aromatic rings. The largest absolute Gasteiger partial charge is 0.338 e.